The minimum absolute atomic E-state index is 0.131. The average molecular weight is 653 g/mol. The number of hydrogen-bond acceptors (Lipinski definition) is 2. The van der Waals surface area contributed by atoms with E-state index in [0.717, 1.165) is 44.4 Å². The van der Waals surface area contributed by atoms with Gasteiger partial charge in [-0.2, -0.15) is 0 Å². The van der Waals surface area contributed by atoms with Crippen LogP contribution >= 0.6 is 0 Å². The summed E-state index contributed by atoms with van der Waals surface area (Å²) in [6, 6.07) is 56.7. The fourth-order valence-corrected chi connectivity index (χ4v) is 8.79. The maximum Gasteiger partial charge on any atom is 0.235 e. The third-order valence-electron chi connectivity index (χ3n) is 11.1. The molecule has 0 radical (unpaired) electrons. The number of fused-ring (bicyclic) bond motifs is 11. The lowest BCUT2D eigenvalue weighted by Crippen LogP contribution is -2.14. The van der Waals surface area contributed by atoms with Crippen LogP contribution in [0.4, 0.5) is 0 Å². The number of nitrogens with zero attached hydrogens (tertiary/aromatic N) is 4. The summed E-state index contributed by atoms with van der Waals surface area (Å²) in [5, 5.41) is 5.84. The van der Waals surface area contributed by atoms with E-state index in [-0.39, 0.29) is 5.41 Å². The van der Waals surface area contributed by atoms with Gasteiger partial charge in [-0.05, 0) is 64.7 Å². The summed E-state index contributed by atoms with van der Waals surface area (Å²) in [4.78, 5) is 10.7. The van der Waals surface area contributed by atoms with Crippen molar-refractivity contribution >= 4 is 54.5 Å². The molecule has 0 atom stereocenters. The molecule has 10 aromatic rings. The molecule has 3 heterocycles. The zero-order valence-electron chi connectivity index (χ0n) is 28.3. The van der Waals surface area contributed by atoms with Crippen molar-refractivity contribution in [2.24, 2.45) is 0 Å². The highest BCUT2D eigenvalue weighted by atomic mass is 15.2. The SMILES string of the molecule is CC1(C)c2ccccc2-c2cc3c(cc21)c1c(ccc2c4ccccc4n(-c4nc(-c5ccccc5)c5ccccc5n4)c21)n3-c1ccccc1. The van der Waals surface area contributed by atoms with Crippen molar-refractivity contribution < 1.29 is 0 Å². The quantitative estimate of drug-likeness (QED) is 0.190. The molecule has 0 fully saturated rings. The van der Waals surface area contributed by atoms with Crippen molar-refractivity contribution in [3.8, 4) is 34.0 Å². The molecule has 0 saturated heterocycles. The van der Waals surface area contributed by atoms with Crippen LogP contribution in [-0.2, 0) is 5.41 Å². The first-order valence-corrected chi connectivity index (χ1v) is 17.6. The van der Waals surface area contributed by atoms with Crippen molar-refractivity contribution in [3.05, 3.63) is 169 Å². The number of aromatic nitrogens is 4. The monoisotopic (exact) mass is 652 g/mol. The van der Waals surface area contributed by atoms with Gasteiger partial charge in [0, 0.05) is 43.6 Å². The molecular formula is C47H32N4. The molecule has 7 aromatic carbocycles. The van der Waals surface area contributed by atoms with E-state index in [2.05, 4.69) is 181 Å². The first kappa shape index (κ1) is 28.3. The first-order chi connectivity index (χ1) is 25.1. The number of benzene rings is 7. The standard InChI is InChI=1S/C47H32N4/c1-47(2)37-22-12-9-19-31(37)35-28-42-36(27-38(35)47)43-41(50(42)30-17-7-4-8-18-30)26-25-33-32-20-11-14-24-40(32)51(45(33)43)46-48-39-23-13-10-21-34(39)44(49-46)29-15-5-3-6-16-29/h3-28H,1-2H3. The summed E-state index contributed by atoms with van der Waals surface area (Å²) in [5.74, 6) is 0.667. The molecule has 1 aliphatic carbocycles. The lowest BCUT2D eigenvalue weighted by Gasteiger charge is -2.21. The number of hydrogen-bond donors (Lipinski definition) is 0. The van der Waals surface area contributed by atoms with Gasteiger partial charge in [-0.25, -0.2) is 9.97 Å². The second-order valence-electron chi connectivity index (χ2n) is 14.2. The van der Waals surface area contributed by atoms with E-state index in [4.69, 9.17) is 9.97 Å². The minimum Gasteiger partial charge on any atom is -0.309 e. The lowest BCUT2D eigenvalue weighted by molar-refractivity contribution is 0.661. The molecule has 0 unspecified atom stereocenters. The van der Waals surface area contributed by atoms with Gasteiger partial charge in [0.1, 0.15) is 0 Å². The van der Waals surface area contributed by atoms with Crippen LogP contribution in [-0.4, -0.2) is 19.1 Å². The highest BCUT2D eigenvalue weighted by Gasteiger charge is 2.36. The van der Waals surface area contributed by atoms with Crippen molar-refractivity contribution in [1.82, 2.24) is 19.1 Å². The molecule has 0 saturated carbocycles. The average Bonchev–Trinajstić information content (AvgIpc) is 3.77. The Bertz CT molecular complexity index is 3040. The van der Waals surface area contributed by atoms with E-state index in [1.807, 2.05) is 0 Å². The van der Waals surface area contributed by atoms with E-state index < -0.39 is 0 Å². The summed E-state index contributed by atoms with van der Waals surface area (Å²) in [5.41, 5.74) is 13.8. The summed E-state index contributed by atoms with van der Waals surface area (Å²) >= 11 is 0. The minimum atomic E-state index is -0.131. The van der Waals surface area contributed by atoms with Gasteiger partial charge in [0.15, 0.2) is 0 Å². The fraction of sp³-hybridized carbons (Fsp3) is 0.0638. The lowest BCUT2D eigenvalue weighted by atomic mass is 9.82. The predicted molar refractivity (Wildman–Crippen MR) is 211 cm³/mol. The van der Waals surface area contributed by atoms with Crippen LogP contribution in [0.5, 0.6) is 0 Å². The molecule has 240 valence electrons. The van der Waals surface area contributed by atoms with Gasteiger partial charge in [-0.3, -0.25) is 4.57 Å². The molecule has 0 bridgehead atoms. The summed E-state index contributed by atoms with van der Waals surface area (Å²) in [6.07, 6.45) is 0. The topological polar surface area (TPSA) is 35.6 Å². The number of rotatable bonds is 3. The van der Waals surface area contributed by atoms with E-state index in [1.54, 1.807) is 0 Å². The highest BCUT2D eigenvalue weighted by molar-refractivity contribution is 6.26. The van der Waals surface area contributed by atoms with Crippen LogP contribution < -0.4 is 0 Å². The van der Waals surface area contributed by atoms with Crippen LogP contribution in [0.2, 0.25) is 0 Å². The highest BCUT2D eigenvalue weighted by Crippen LogP contribution is 2.52. The van der Waals surface area contributed by atoms with Gasteiger partial charge in [-0.1, -0.05) is 129 Å². The molecule has 4 nitrogen and oxygen atoms in total. The Labute approximate surface area is 294 Å². The van der Waals surface area contributed by atoms with Crippen molar-refractivity contribution in [1.29, 1.82) is 0 Å². The molecule has 1 aliphatic rings. The Morgan fingerprint density at radius 2 is 1.18 bits per heavy atom. The second kappa shape index (κ2) is 10.3. The van der Waals surface area contributed by atoms with Gasteiger partial charge >= 0.3 is 0 Å². The van der Waals surface area contributed by atoms with Crippen molar-refractivity contribution in [3.63, 3.8) is 0 Å². The maximum absolute atomic E-state index is 5.42. The van der Waals surface area contributed by atoms with Gasteiger partial charge in [-0.15, -0.1) is 0 Å². The van der Waals surface area contributed by atoms with Crippen molar-refractivity contribution in [2.75, 3.05) is 0 Å². The fourth-order valence-electron chi connectivity index (χ4n) is 8.79. The van der Waals surface area contributed by atoms with E-state index in [1.165, 1.54) is 49.3 Å². The third kappa shape index (κ3) is 3.85. The summed E-state index contributed by atoms with van der Waals surface area (Å²) in [6.45, 7) is 4.72. The van der Waals surface area contributed by atoms with Crippen LogP contribution in [0.1, 0.15) is 25.0 Å². The molecule has 51 heavy (non-hydrogen) atoms. The smallest absolute Gasteiger partial charge is 0.235 e. The number of para-hydroxylation sites is 3. The molecule has 4 heteroatoms. The Balaban J connectivity index is 1.34. The van der Waals surface area contributed by atoms with Crippen LogP contribution in [0.15, 0.2) is 158 Å². The third-order valence-corrected chi connectivity index (χ3v) is 11.1. The Morgan fingerprint density at radius 3 is 2.02 bits per heavy atom. The molecular weight excluding hydrogens is 621 g/mol. The van der Waals surface area contributed by atoms with Crippen molar-refractivity contribution in [2.45, 2.75) is 19.3 Å². The zero-order chi connectivity index (χ0) is 33.8. The van der Waals surface area contributed by atoms with Crippen LogP contribution in [0, 0.1) is 0 Å². The largest absolute Gasteiger partial charge is 0.309 e. The van der Waals surface area contributed by atoms with E-state index in [9.17, 15) is 0 Å². The van der Waals surface area contributed by atoms with E-state index in [0.29, 0.717) is 5.95 Å². The molecule has 11 rings (SSSR count). The second-order valence-corrected chi connectivity index (χ2v) is 14.2. The van der Waals surface area contributed by atoms with Crippen LogP contribution in [0.3, 0.4) is 0 Å². The van der Waals surface area contributed by atoms with E-state index >= 15 is 0 Å². The Morgan fingerprint density at radius 1 is 0.471 bits per heavy atom. The van der Waals surface area contributed by atoms with Gasteiger partial charge in [0.25, 0.3) is 0 Å². The maximum atomic E-state index is 5.42. The molecule has 0 aliphatic heterocycles. The summed E-state index contributed by atoms with van der Waals surface area (Å²) in [7, 11) is 0. The summed E-state index contributed by atoms with van der Waals surface area (Å²) < 4.78 is 4.75. The van der Waals surface area contributed by atoms with Gasteiger partial charge in [0.2, 0.25) is 5.95 Å². The molecule has 3 aromatic heterocycles. The zero-order valence-corrected chi connectivity index (χ0v) is 28.3. The first-order valence-electron chi connectivity index (χ1n) is 17.6. The molecule has 0 amide bonds. The molecule has 0 N–H and O–H groups in total. The normalized spacial score (nSPS) is 13.5. The van der Waals surface area contributed by atoms with Crippen LogP contribution in [0.25, 0.3) is 88.5 Å². The van der Waals surface area contributed by atoms with Gasteiger partial charge in [0.05, 0.1) is 33.3 Å². The van der Waals surface area contributed by atoms with Gasteiger partial charge < -0.3 is 4.57 Å². The Kier molecular flexibility index (Phi) is 5.70. The Hall–Kier alpha value is -6.52. The predicted octanol–water partition coefficient (Wildman–Crippen LogP) is 11.8. The molecule has 0 spiro atoms.